The van der Waals surface area contributed by atoms with Crippen molar-refractivity contribution in [2.75, 3.05) is 17.2 Å². The number of hydrogen-bond acceptors (Lipinski definition) is 3. The quantitative estimate of drug-likeness (QED) is 0.236. The van der Waals surface area contributed by atoms with Gasteiger partial charge >= 0.3 is 6.03 Å². The van der Waals surface area contributed by atoms with Crippen LogP contribution in [0.25, 0.3) is 5.69 Å². The predicted octanol–water partition coefficient (Wildman–Crippen LogP) is 7.26. The summed E-state index contributed by atoms with van der Waals surface area (Å²) in [5, 5.41) is 11.1. The SMILES string of the molecule is CC(C)(C)c1cc(NC(=O)CN(Cc2ccccc2)C(=O)Nc2ccc(Br)cc2)n(-c2ccccc2Cl)n1. The monoisotopic (exact) mass is 593 g/mol. The molecule has 0 bridgehead atoms. The molecule has 4 aromatic rings. The second-order valence-corrected chi connectivity index (χ2v) is 11.2. The molecule has 3 amide bonds. The first-order valence-corrected chi connectivity index (χ1v) is 13.3. The highest BCUT2D eigenvalue weighted by Crippen LogP contribution is 2.29. The van der Waals surface area contributed by atoms with E-state index in [4.69, 9.17) is 16.7 Å². The van der Waals surface area contributed by atoms with Crippen molar-refractivity contribution >= 4 is 51.0 Å². The molecule has 0 radical (unpaired) electrons. The number of amides is 3. The van der Waals surface area contributed by atoms with Crippen molar-refractivity contribution in [3.05, 3.63) is 106 Å². The third kappa shape index (κ3) is 7.02. The van der Waals surface area contributed by atoms with E-state index < -0.39 is 0 Å². The number of nitrogens with zero attached hydrogens (tertiary/aromatic N) is 3. The van der Waals surface area contributed by atoms with Crippen molar-refractivity contribution in [1.82, 2.24) is 14.7 Å². The molecule has 4 rings (SSSR count). The maximum atomic E-state index is 13.3. The molecule has 1 heterocycles. The molecule has 0 atom stereocenters. The van der Waals surface area contributed by atoms with E-state index in [0.29, 0.717) is 22.2 Å². The first kappa shape index (κ1) is 27.4. The van der Waals surface area contributed by atoms with Crippen molar-refractivity contribution in [2.45, 2.75) is 32.7 Å². The van der Waals surface area contributed by atoms with Crippen LogP contribution in [0.5, 0.6) is 0 Å². The third-order valence-electron chi connectivity index (χ3n) is 5.76. The van der Waals surface area contributed by atoms with Gasteiger partial charge in [-0.1, -0.05) is 90.8 Å². The molecule has 0 aliphatic heterocycles. The number of benzene rings is 3. The van der Waals surface area contributed by atoms with E-state index in [1.54, 1.807) is 22.9 Å². The number of carbonyl (C=O) groups excluding carboxylic acids is 2. The molecule has 0 aliphatic carbocycles. The van der Waals surface area contributed by atoms with Gasteiger partial charge in [-0.05, 0) is 42.0 Å². The molecular formula is C29H29BrClN5O2. The van der Waals surface area contributed by atoms with Crippen LogP contribution in [0.3, 0.4) is 0 Å². The number of anilines is 2. The van der Waals surface area contributed by atoms with Crippen LogP contribution in [0.4, 0.5) is 16.3 Å². The van der Waals surface area contributed by atoms with E-state index in [0.717, 1.165) is 15.7 Å². The van der Waals surface area contributed by atoms with E-state index in [1.807, 2.05) is 87.5 Å². The van der Waals surface area contributed by atoms with Gasteiger partial charge in [0.1, 0.15) is 12.4 Å². The Morgan fingerprint density at radius 2 is 1.61 bits per heavy atom. The maximum absolute atomic E-state index is 13.3. The minimum Gasteiger partial charge on any atom is -0.311 e. The fraction of sp³-hybridized carbons (Fsp3) is 0.207. The Labute approximate surface area is 235 Å². The lowest BCUT2D eigenvalue weighted by molar-refractivity contribution is -0.116. The molecule has 3 aromatic carbocycles. The zero-order chi connectivity index (χ0) is 27.3. The van der Waals surface area contributed by atoms with Gasteiger partial charge in [-0.15, -0.1) is 0 Å². The maximum Gasteiger partial charge on any atom is 0.322 e. The van der Waals surface area contributed by atoms with Crippen molar-refractivity contribution in [3.8, 4) is 5.69 Å². The highest BCUT2D eigenvalue weighted by Gasteiger charge is 2.24. The van der Waals surface area contributed by atoms with Gasteiger partial charge in [0.05, 0.1) is 16.4 Å². The molecule has 0 saturated heterocycles. The van der Waals surface area contributed by atoms with Crippen LogP contribution in [-0.2, 0) is 16.8 Å². The summed E-state index contributed by atoms with van der Waals surface area (Å²) in [5.74, 6) is 0.113. The smallest absolute Gasteiger partial charge is 0.311 e. The highest BCUT2D eigenvalue weighted by atomic mass is 79.9. The van der Waals surface area contributed by atoms with E-state index >= 15 is 0 Å². The van der Waals surface area contributed by atoms with Gasteiger partial charge in [-0.2, -0.15) is 5.10 Å². The molecule has 9 heteroatoms. The minimum absolute atomic E-state index is 0.171. The molecule has 38 heavy (non-hydrogen) atoms. The number of urea groups is 1. The van der Waals surface area contributed by atoms with Crippen molar-refractivity contribution in [3.63, 3.8) is 0 Å². The largest absolute Gasteiger partial charge is 0.322 e. The molecule has 7 nitrogen and oxygen atoms in total. The summed E-state index contributed by atoms with van der Waals surface area (Å²) >= 11 is 9.85. The van der Waals surface area contributed by atoms with Crippen LogP contribution >= 0.6 is 27.5 Å². The van der Waals surface area contributed by atoms with Crippen LogP contribution in [0.15, 0.2) is 89.4 Å². The van der Waals surface area contributed by atoms with Crippen molar-refractivity contribution in [2.24, 2.45) is 0 Å². The summed E-state index contributed by atoms with van der Waals surface area (Å²) in [6.07, 6.45) is 0. The van der Waals surface area contributed by atoms with Gasteiger partial charge in [-0.25, -0.2) is 9.48 Å². The molecule has 2 N–H and O–H groups in total. The van der Waals surface area contributed by atoms with Gasteiger partial charge in [0.2, 0.25) is 5.91 Å². The summed E-state index contributed by atoms with van der Waals surface area (Å²) in [6, 6.07) is 25.6. The van der Waals surface area contributed by atoms with Gasteiger partial charge in [0, 0.05) is 28.2 Å². The summed E-state index contributed by atoms with van der Waals surface area (Å²) in [4.78, 5) is 28.0. The lowest BCUT2D eigenvalue weighted by Gasteiger charge is -2.23. The Morgan fingerprint density at radius 1 is 0.947 bits per heavy atom. The molecule has 0 unspecified atom stereocenters. The van der Waals surface area contributed by atoms with E-state index in [2.05, 4.69) is 26.6 Å². The van der Waals surface area contributed by atoms with Crippen LogP contribution in [0.1, 0.15) is 32.0 Å². The summed E-state index contributed by atoms with van der Waals surface area (Å²) in [5.41, 5.74) is 2.72. The van der Waals surface area contributed by atoms with Gasteiger partial charge < -0.3 is 15.5 Å². The number of hydrogen-bond donors (Lipinski definition) is 2. The molecule has 0 aliphatic rings. The molecule has 1 aromatic heterocycles. The summed E-state index contributed by atoms with van der Waals surface area (Å²) in [6.45, 7) is 6.23. The normalized spacial score (nSPS) is 11.2. The molecule has 0 saturated carbocycles. The molecular weight excluding hydrogens is 566 g/mol. The first-order chi connectivity index (χ1) is 18.1. The Bertz CT molecular complexity index is 1420. The van der Waals surface area contributed by atoms with Gasteiger partial charge in [0.15, 0.2) is 0 Å². The fourth-order valence-corrected chi connectivity index (χ4v) is 4.22. The average Bonchev–Trinajstić information content (AvgIpc) is 3.30. The Kier molecular flexibility index (Phi) is 8.54. The highest BCUT2D eigenvalue weighted by molar-refractivity contribution is 9.10. The fourth-order valence-electron chi connectivity index (χ4n) is 3.74. The van der Waals surface area contributed by atoms with Crippen molar-refractivity contribution in [1.29, 1.82) is 0 Å². The average molecular weight is 595 g/mol. The Morgan fingerprint density at radius 3 is 2.26 bits per heavy atom. The predicted molar refractivity (Wildman–Crippen MR) is 156 cm³/mol. The summed E-state index contributed by atoms with van der Waals surface area (Å²) in [7, 11) is 0. The molecule has 196 valence electrons. The number of halogens is 2. The number of carbonyl (C=O) groups is 2. The van der Waals surface area contributed by atoms with E-state index in [1.165, 1.54) is 4.90 Å². The van der Waals surface area contributed by atoms with Gasteiger partial charge in [-0.3, -0.25) is 4.79 Å². The minimum atomic E-state index is -0.388. The van der Waals surface area contributed by atoms with Gasteiger partial charge in [0.25, 0.3) is 0 Å². The van der Waals surface area contributed by atoms with Crippen LogP contribution in [0, 0.1) is 0 Å². The number of rotatable bonds is 7. The first-order valence-electron chi connectivity index (χ1n) is 12.1. The Balaban J connectivity index is 1.58. The zero-order valence-corrected chi connectivity index (χ0v) is 23.8. The van der Waals surface area contributed by atoms with E-state index in [9.17, 15) is 9.59 Å². The zero-order valence-electron chi connectivity index (χ0n) is 21.4. The van der Waals surface area contributed by atoms with Crippen LogP contribution in [-0.4, -0.2) is 33.2 Å². The molecule has 0 spiro atoms. The second-order valence-electron chi connectivity index (χ2n) is 9.85. The summed E-state index contributed by atoms with van der Waals surface area (Å²) < 4.78 is 2.53. The lowest BCUT2D eigenvalue weighted by atomic mass is 9.92. The lowest BCUT2D eigenvalue weighted by Crippen LogP contribution is -2.40. The van der Waals surface area contributed by atoms with Crippen LogP contribution in [0.2, 0.25) is 5.02 Å². The van der Waals surface area contributed by atoms with Crippen molar-refractivity contribution < 1.29 is 9.59 Å². The topological polar surface area (TPSA) is 79.3 Å². The van der Waals surface area contributed by atoms with E-state index in [-0.39, 0.29) is 30.4 Å². The third-order valence-corrected chi connectivity index (χ3v) is 6.61. The number of para-hydroxylation sites is 1. The number of aromatic nitrogens is 2. The van der Waals surface area contributed by atoms with Crippen LogP contribution < -0.4 is 10.6 Å². The Hall–Kier alpha value is -3.62. The molecule has 0 fully saturated rings. The number of nitrogens with one attached hydrogen (secondary N) is 2. The second kappa shape index (κ2) is 11.8. The standard InChI is InChI=1S/C29H29BrClN5O2/c1-29(2,3)25-17-26(36(34-25)24-12-8-7-11-23(24)31)33-27(37)19-35(18-20-9-5-4-6-10-20)28(38)32-22-15-13-21(30)14-16-22/h4-17H,18-19H2,1-3H3,(H,32,38)(H,33,37).